The zero-order chi connectivity index (χ0) is 12.1. The Bertz CT molecular complexity index is 36.3. The van der Waals surface area contributed by atoms with Gasteiger partial charge in [-0.05, 0) is 0 Å². The largest absolute Gasteiger partial charge is 2.00 e. The maximum Gasteiger partial charge on any atom is 2.00 e. The molecule has 0 rings (SSSR count). The summed E-state index contributed by atoms with van der Waals surface area (Å²) in [7, 11) is 14.6. The van der Waals surface area contributed by atoms with Crippen molar-refractivity contribution in [2.24, 2.45) is 0 Å². The fourth-order valence-corrected chi connectivity index (χ4v) is 0. The summed E-state index contributed by atoms with van der Waals surface area (Å²) >= 11 is -0.556. The second kappa shape index (κ2) is 141. The molecule has 0 aromatic heterocycles. The Morgan fingerprint density at radius 3 is 0.667 bits per heavy atom. The zero-order valence-corrected chi connectivity index (χ0v) is 25.3. The third kappa shape index (κ3) is 285. The van der Waals surface area contributed by atoms with Crippen LogP contribution in [0.1, 0.15) is 27.7 Å². The van der Waals surface area contributed by atoms with Gasteiger partial charge in [0.25, 0.3) is 0 Å². The van der Waals surface area contributed by atoms with Crippen LogP contribution in [0.4, 0.5) is 0 Å². The molecule has 0 heterocycles. The molecule has 0 aliphatic rings. The van der Waals surface area contributed by atoms with Gasteiger partial charge < -0.3 is 12.8 Å². The molecular formula is C8H24Cl2P2Ti6. The Balaban J connectivity index is -0.00000000525. The number of halogens is 2. The van der Waals surface area contributed by atoms with Crippen molar-refractivity contribution in [2.45, 2.75) is 27.7 Å². The molecule has 0 radical (unpaired) electrons. The molecule has 0 fully saturated rings. The van der Waals surface area contributed by atoms with Crippen LogP contribution >= 0.6 is 37.1 Å². The normalized spacial score (nSPS) is 3.44. The first kappa shape index (κ1) is 65.0. The molecule has 0 aromatic rings. The van der Waals surface area contributed by atoms with Crippen LogP contribution in [0.2, 0.25) is 0 Å². The Labute approximate surface area is 212 Å². The van der Waals surface area contributed by atoms with Gasteiger partial charge in [-0.1, -0.05) is 13.3 Å². The molecule has 0 spiro atoms. The Morgan fingerprint density at radius 2 is 0.667 bits per heavy atom. The van der Waals surface area contributed by atoms with Gasteiger partial charge in [-0.25, -0.2) is 0 Å². The number of hydrogen-bond acceptors (Lipinski definition) is 0. The maximum absolute atomic E-state index is 4.89. The minimum atomic E-state index is -0.556. The molecule has 0 amide bonds. The molecule has 0 aliphatic carbocycles. The van der Waals surface area contributed by atoms with Crippen molar-refractivity contribution < 1.29 is 126 Å². The van der Waals surface area contributed by atoms with Crippen LogP contribution in [-0.4, -0.2) is 13.3 Å². The van der Waals surface area contributed by atoms with Crippen molar-refractivity contribution in [1.29, 1.82) is 0 Å². The van der Waals surface area contributed by atoms with E-state index < -0.39 is 17.0 Å². The van der Waals surface area contributed by atoms with E-state index in [9.17, 15) is 0 Å². The summed E-state index contributed by atoms with van der Waals surface area (Å²) in [4.78, 5) is 0. The van der Waals surface area contributed by atoms with Crippen molar-refractivity contribution in [3.8, 4) is 0 Å². The topological polar surface area (TPSA) is 0 Å². The van der Waals surface area contributed by atoms with Gasteiger partial charge in [0.05, 0.1) is 0 Å². The van der Waals surface area contributed by atoms with E-state index in [2.05, 4.69) is 18.5 Å². The zero-order valence-electron chi connectivity index (χ0n) is 12.1. The second-order valence-corrected chi connectivity index (χ2v) is 3.81. The molecule has 104 valence electrons. The average Bonchev–Trinajstić information content (AvgIpc) is 2.14. The fourth-order valence-electron chi connectivity index (χ4n) is 0. The molecule has 0 saturated heterocycles. The maximum atomic E-state index is 4.89. The van der Waals surface area contributed by atoms with E-state index in [-0.39, 0.29) is 109 Å². The van der Waals surface area contributed by atoms with Crippen LogP contribution in [0.3, 0.4) is 0 Å². The van der Waals surface area contributed by atoms with Crippen LogP contribution in [0.25, 0.3) is 0 Å². The van der Waals surface area contributed by atoms with Gasteiger partial charge in [-0.3, -0.25) is 0 Å². The Hall–Kier alpha value is 5.73. The molecule has 0 aromatic carbocycles. The van der Waals surface area contributed by atoms with E-state index in [1.807, 2.05) is 53.9 Å². The monoisotopic (exact) mass is 540 g/mol. The summed E-state index contributed by atoms with van der Waals surface area (Å²) in [5.74, 6) is 0. The van der Waals surface area contributed by atoms with Crippen LogP contribution in [0.5, 0.6) is 0 Å². The molecular weight excluding hydrogens is 516 g/mol. The van der Waals surface area contributed by atoms with Gasteiger partial charge in [0.2, 0.25) is 0 Å². The van der Waals surface area contributed by atoms with E-state index in [0.29, 0.717) is 0 Å². The van der Waals surface area contributed by atoms with E-state index >= 15 is 0 Å². The molecule has 2 unspecified atom stereocenters. The van der Waals surface area contributed by atoms with Crippen LogP contribution in [0, 0.1) is 12.8 Å². The first-order valence-electron chi connectivity index (χ1n) is 3.84. The van der Waals surface area contributed by atoms with Crippen LogP contribution in [-0.2, 0) is 126 Å². The smallest absolute Gasteiger partial charge is 0 e. The predicted molar refractivity (Wildman–Crippen MR) is 74.3 cm³/mol. The third-order valence-corrected chi connectivity index (χ3v) is 0. The quantitative estimate of drug-likeness (QED) is 0.235. The van der Waals surface area contributed by atoms with Gasteiger partial charge in [0.1, 0.15) is 0 Å². The number of hydrogen-bond donors (Lipinski definition) is 0. The van der Waals surface area contributed by atoms with Gasteiger partial charge in [0, 0.05) is 86.9 Å². The summed E-state index contributed by atoms with van der Waals surface area (Å²) < 4.78 is 0. The second-order valence-electron chi connectivity index (χ2n) is 1.23. The predicted octanol–water partition coefficient (Wildman–Crippen LogP) is 4.81. The number of rotatable bonds is 0. The summed E-state index contributed by atoms with van der Waals surface area (Å²) in [5.41, 5.74) is 0. The van der Waals surface area contributed by atoms with E-state index in [4.69, 9.17) is 18.6 Å². The Morgan fingerprint density at radius 1 is 0.667 bits per heavy atom. The molecule has 0 aliphatic heterocycles. The minimum absolute atomic E-state index is 0. The van der Waals surface area contributed by atoms with Crippen LogP contribution in [0.15, 0.2) is 0 Å². The molecule has 0 N–H and O–H groups in total. The van der Waals surface area contributed by atoms with E-state index in [1.165, 1.54) is 0 Å². The first-order chi connectivity index (χ1) is 6.24. The molecule has 0 saturated carbocycles. The first-order valence-corrected chi connectivity index (χ1v) is 10.4. The van der Waals surface area contributed by atoms with E-state index in [0.717, 1.165) is 0 Å². The van der Waals surface area contributed by atoms with Gasteiger partial charge >= 0.3 is 57.4 Å². The summed E-state index contributed by atoms with van der Waals surface area (Å²) in [6.45, 7) is 11.8. The van der Waals surface area contributed by atoms with Crippen molar-refractivity contribution >= 4 is 37.1 Å². The minimum Gasteiger partial charge on any atom is 0 e. The van der Waals surface area contributed by atoms with Crippen LogP contribution < -0.4 is 0 Å². The molecule has 0 bridgehead atoms. The van der Waals surface area contributed by atoms with Gasteiger partial charge in [-0.2, -0.15) is 27.7 Å². The summed E-state index contributed by atoms with van der Waals surface area (Å²) in [5, 5.41) is 0. The molecule has 0 nitrogen and oxygen atoms in total. The summed E-state index contributed by atoms with van der Waals surface area (Å²) in [6.07, 6.45) is 4.00. The van der Waals surface area contributed by atoms with Gasteiger partial charge in [0.15, 0.2) is 0 Å². The molecule has 2 atom stereocenters. The van der Waals surface area contributed by atoms with Gasteiger partial charge in [-0.15, -0.1) is 18.5 Å². The van der Waals surface area contributed by atoms with Crippen molar-refractivity contribution in [3.05, 3.63) is 12.8 Å². The van der Waals surface area contributed by atoms with Crippen molar-refractivity contribution in [3.63, 3.8) is 0 Å². The molecule has 18 heavy (non-hydrogen) atoms. The van der Waals surface area contributed by atoms with Crippen molar-refractivity contribution in [2.75, 3.05) is 13.3 Å². The SMILES string of the molecule is CP.CP.C[CH-]C.C[CH-]C.[Cl][Ti][Cl].[Ti+2].[Ti].[Ti].[Ti].[Ti]. The third-order valence-electron chi connectivity index (χ3n) is 0. The fraction of sp³-hybridized carbons (Fsp3) is 0.750. The Kier molecular flexibility index (Phi) is 509. The standard InChI is InChI=1S/2C3H7.2CH5P.2ClH.6Ti/c2*1-3-2;2*1-2;;;;;;;;/h2*3H,1-2H3;2*2H2,1H3;2*1H;;;;;;/q2*-1;;;;;;;;;2*+2/p-2. The van der Waals surface area contributed by atoms with Crippen molar-refractivity contribution in [1.82, 2.24) is 0 Å². The van der Waals surface area contributed by atoms with E-state index in [1.54, 1.807) is 0 Å². The average molecular weight is 540 g/mol. The summed E-state index contributed by atoms with van der Waals surface area (Å²) in [6, 6.07) is 0. The molecule has 10 heteroatoms.